The van der Waals surface area contributed by atoms with E-state index < -0.39 is 13.9 Å². The van der Waals surface area contributed by atoms with E-state index in [1.807, 2.05) is 0 Å². The molecule has 0 radical (unpaired) electrons. The molecular formula is C22H42O3Si. The molecular weight excluding hydrogens is 340 g/mol. The minimum Gasteiger partial charge on any atom is -0.414 e. The maximum absolute atomic E-state index is 11.8. The summed E-state index contributed by atoms with van der Waals surface area (Å²) in [5.41, 5.74) is -1.05. The number of ether oxygens (including phenoxy) is 1. The summed E-state index contributed by atoms with van der Waals surface area (Å²) in [6, 6.07) is 3.91. The van der Waals surface area contributed by atoms with Crippen molar-refractivity contribution >= 4 is 14.6 Å². The molecule has 0 aromatic heterocycles. The summed E-state index contributed by atoms with van der Waals surface area (Å²) in [5.74, 6) is 0. The van der Waals surface area contributed by atoms with Crippen molar-refractivity contribution in [2.75, 3.05) is 0 Å². The van der Waals surface area contributed by atoms with Crippen LogP contribution in [0.4, 0.5) is 0 Å². The van der Waals surface area contributed by atoms with Crippen LogP contribution in [-0.2, 0) is 14.0 Å². The van der Waals surface area contributed by atoms with Crippen LogP contribution in [0.1, 0.15) is 92.9 Å². The van der Waals surface area contributed by atoms with Crippen molar-refractivity contribution < 1.29 is 14.0 Å². The highest BCUT2D eigenvalue weighted by atomic mass is 28.4. The van der Waals surface area contributed by atoms with Crippen molar-refractivity contribution in [2.24, 2.45) is 5.41 Å². The Morgan fingerprint density at radius 2 is 1.46 bits per heavy atom. The van der Waals surface area contributed by atoms with Crippen LogP contribution < -0.4 is 0 Å². The summed E-state index contributed by atoms with van der Waals surface area (Å²) >= 11 is 0. The molecule has 2 rings (SSSR count). The Morgan fingerprint density at radius 1 is 0.962 bits per heavy atom. The van der Waals surface area contributed by atoms with E-state index in [1.54, 1.807) is 0 Å². The summed E-state index contributed by atoms with van der Waals surface area (Å²) in [6.45, 7) is 13.4. The molecule has 26 heavy (non-hydrogen) atoms. The van der Waals surface area contributed by atoms with E-state index >= 15 is 0 Å². The number of rotatable bonds is 12. The molecule has 152 valence electrons. The Morgan fingerprint density at radius 3 is 1.85 bits per heavy atom. The highest BCUT2D eigenvalue weighted by Gasteiger charge is 2.76. The van der Waals surface area contributed by atoms with Gasteiger partial charge in [0.2, 0.25) is 0 Å². The van der Waals surface area contributed by atoms with Gasteiger partial charge in [-0.15, -0.1) is 0 Å². The summed E-state index contributed by atoms with van der Waals surface area (Å²) in [6.07, 6.45) is 10.8. The van der Waals surface area contributed by atoms with Gasteiger partial charge in [0.25, 0.3) is 0 Å². The van der Waals surface area contributed by atoms with Crippen molar-refractivity contribution in [3.05, 3.63) is 0 Å². The molecule has 2 aliphatic rings. The van der Waals surface area contributed by atoms with Gasteiger partial charge >= 0.3 is 0 Å². The van der Waals surface area contributed by atoms with Crippen LogP contribution >= 0.6 is 0 Å². The average molecular weight is 383 g/mol. The lowest BCUT2D eigenvalue weighted by Gasteiger charge is -2.44. The summed E-state index contributed by atoms with van der Waals surface area (Å²) in [7, 11) is -1.73. The van der Waals surface area contributed by atoms with Crippen molar-refractivity contribution in [1.82, 2.24) is 0 Å². The fourth-order valence-electron chi connectivity index (χ4n) is 5.40. The van der Waals surface area contributed by atoms with Crippen molar-refractivity contribution in [3.8, 4) is 0 Å². The molecule has 3 atom stereocenters. The molecule has 0 aromatic carbocycles. The third-order valence-corrected chi connectivity index (χ3v) is 11.7. The molecule has 1 saturated heterocycles. The smallest absolute Gasteiger partial charge is 0.193 e. The number of hydrogen-bond donors (Lipinski definition) is 0. The van der Waals surface area contributed by atoms with Crippen molar-refractivity contribution in [1.29, 1.82) is 0 Å². The number of carbonyl (C=O) groups is 1. The molecule has 1 aliphatic heterocycles. The molecule has 0 amide bonds. The van der Waals surface area contributed by atoms with Crippen molar-refractivity contribution in [3.63, 3.8) is 0 Å². The molecule has 0 aromatic rings. The van der Waals surface area contributed by atoms with Gasteiger partial charge in [-0.05, 0) is 31.5 Å². The van der Waals surface area contributed by atoms with E-state index in [4.69, 9.17) is 9.16 Å². The zero-order valence-electron chi connectivity index (χ0n) is 18.2. The molecule has 0 spiro atoms. The third kappa shape index (κ3) is 4.12. The van der Waals surface area contributed by atoms with Crippen LogP contribution in [0, 0.1) is 5.41 Å². The highest BCUT2D eigenvalue weighted by Crippen LogP contribution is 2.64. The topological polar surface area (TPSA) is 38.8 Å². The first-order valence-corrected chi connectivity index (χ1v) is 13.6. The van der Waals surface area contributed by atoms with Crippen LogP contribution in [0.5, 0.6) is 0 Å². The van der Waals surface area contributed by atoms with Crippen LogP contribution in [0.15, 0.2) is 0 Å². The first kappa shape index (κ1) is 22.1. The number of aldehydes is 1. The molecule has 1 saturated carbocycles. The lowest BCUT2D eigenvalue weighted by atomic mass is 9.64. The van der Waals surface area contributed by atoms with E-state index in [9.17, 15) is 4.79 Å². The maximum atomic E-state index is 11.8. The molecule has 1 aliphatic carbocycles. The van der Waals surface area contributed by atoms with E-state index in [1.165, 1.54) is 56.7 Å². The second-order valence-electron chi connectivity index (χ2n) is 9.71. The predicted molar refractivity (Wildman–Crippen MR) is 111 cm³/mol. The van der Waals surface area contributed by atoms with Gasteiger partial charge in [-0.2, -0.15) is 0 Å². The van der Waals surface area contributed by atoms with Crippen LogP contribution in [-0.4, -0.2) is 31.9 Å². The number of unbranched alkanes of at least 4 members (excludes halogenated alkanes) is 3. The zero-order chi connectivity index (χ0) is 19.5. The monoisotopic (exact) mass is 382 g/mol. The normalized spacial score (nSPS) is 32.9. The Bertz CT molecular complexity index is 456. The van der Waals surface area contributed by atoms with Gasteiger partial charge < -0.3 is 9.16 Å². The lowest BCUT2D eigenvalue weighted by molar-refractivity contribution is -0.117. The predicted octanol–water partition coefficient (Wildman–Crippen LogP) is 6.26. The fourth-order valence-corrected chi connectivity index (χ4v) is 10.4. The fraction of sp³-hybridized carbons (Fsp3) is 0.955. The summed E-state index contributed by atoms with van der Waals surface area (Å²) in [5, 5.41) is 0. The Labute approximate surface area is 162 Å². The molecule has 0 unspecified atom stereocenters. The van der Waals surface area contributed by atoms with Crippen LogP contribution in [0.2, 0.25) is 18.1 Å². The first-order chi connectivity index (χ1) is 12.2. The molecule has 3 nitrogen and oxygen atoms in total. The second kappa shape index (κ2) is 8.44. The first-order valence-electron chi connectivity index (χ1n) is 11.1. The van der Waals surface area contributed by atoms with E-state index in [2.05, 4.69) is 41.5 Å². The number of fused-ring (bicyclic) bond motifs is 1. The number of hydrogen-bond acceptors (Lipinski definition) is 3. The zero-order valence-corrected chi connectivity index (χ0v) is 19.2. The van der Waals surface area contributed by atoms with Crippen LogP contribution in [0.25, 0.3) is 0 Å². The SMILES string of the molecule is CCCC[Si](CCCC)(CCCC)O[C@@H]1CC(C)(C)[C@@]2(C=O)O[C@@]2(C)C1. The van der Waals surface area contributed by atoms with Gasteiger partial charge in [-0.3, -0.25) is 4.79 Å². The molecule has 4 heteroatoms. The number of carbonyl (C=O) groups excluding carboxylic acids is 1. The van der Waals surface area contributed by atoms with Gasteiger partial charge in [-0.1, -0.05) is 73.1 Å². The lowest BCUT2D eigenvalue weighted by Crippen LogP contribution is -2.52. The van der Waals surface area contributed by atoms with Gasteiger partial charge in [0.15, 0.2) is 20.2 Å². The highest BCUT2D eigenvalue weighted by molar-refractivity contribution is 6.73. The molecule has 0 bridgehead atoms. The molecule has 2 fully saturated rings. The Balaban J connectivity index is 2.17. The summed E-state index contributed by atoms with van der Waals surface area (Å²) in [4.78, 5) is 11.8. The van der Waals surface area contributed by atoms with Gasteiger partial charge in [0.05, 0.1) is 0 Å². The van der Waals surface area contributed by atoms with Crippen LogP contribution in [0.3, 0.4) is 0 Å². The minimum absolute atomic E-state index is 0.146. The van der Waals surface area contributed by atoms with E-state index in [0.29, 0.717) is 0 Å². The Kier molecular flexibility index (Phi) is 7.18. The molecule has 1 heterocycles. The van der Waals surface area contributed by atoms with E-state index in [-0.39, 0.29) is 17.1 Å². The quantitative estimate of drug-likeness (QED) is 0.227. The third-order valence-electron chi connectivity index (χ3n) is 7.03. The second-order valence-corrected chi connectivity index (χ2v) is 13.8. The largest absolute Gasteiger partial charge is 0.414 e. The molecule has 0 N–H and O–H groups in total. The van der Waals surface area contributed by atoms with E-state index in [0.717, 1.165) is 19.1 Å². The van der Waals surface area contributed by atoms with Crippen molar-refractivity contribution in [2.45, 2.75) is 128 Å². The van der Waals surface area contributed by atoms with Gasteiger partial charge in [0.1, 0.15) is 5.60 Å². The van der Waals surface area contributed by atoms with Gasteiger partial charge in [-0.25, -0.2) is 0 Å². The Hall–Kier alpha value is -0.193. The average Bonchev–Trinajstić information content (AvgIpc) is 3.22. The minimum atomic E-state index is -1.73. The van der Waals surface area contributed by atoms with Gasteiger partial charge in [0, 0.05) is 17.9 Å². The number of epoxide rings is 1. The summed E-state index contributed by atoms with van der Waals surface area (Å²) < 4.78 is 13.2. The maximum Gasteiger partial charge on any atom is 0.193 e. The standard InChI is InChI=1S/C22H42O3Si/c1-7-10-13-26(14-11-8-2,15-12-9-3)24-19-16-20(4,5)22(18-23)21(6,17-19)25-22/h18-19H,7-17H2,1-6H3/t19-,21+,22-/m1/s1.